The number of furan rings is 1. The van der Waals surface area contributed by atoms with Crippen LogP contribution >= 0.6 is 0 Å². The van der Waals surface area contributed by atoms with Crippen LogP contribution in [0.1, 0.15) is 11.3 Å². The highest BCUT2D eigenvalue weighted by molar-refractivity contribution is 5.76. The molecule has 13 heavy (non-hydrogen) atoms. The Bertz CT molecular complexity index is 496. The molecule has 0 amide bonds. The Hall–Kier alpha value is -1.55. The number of pyridine rings is 1. The highest BCUT2D eigenvalue weighted by Gasteiger charge is 2.06. The maximum absolute atomic E-state index is 11.1. The molecule has 0 radical (unpaired) electrons. The van der Waals surface area contributed by atoms with Crippen molar-refractivity contribution in [1.29, 1.82) is 0 Å². The average molecular weight is 178 g/mol. The number of aryl methyl sites for hydroxylation is 1. The third kappa shape index (κ3) is 1.25. The summed E-state index contributed by atoms with van der Waals surface area (Å²) in [5, 5.41) is 0. The summed E-state index contributed by atoms with van der Waals surface area (Å²) < 4.78 is 5.39. The maximum atomic E-state index is 11.1. The SMILES string of the molecule is Cc1cc2[nH]c(=O)cc(CN)c2o1. The molecule has 2 aromatic heterocycles. The van der Waals surface area contributed by atoms with Gasteiger partial charge in [-0.05, 0) is 6.92 Å². The zero-order valence-corrected chi connectivity index (χ0v) is 7.26. The molecule has 0 spiro atoms. The van der Waals surface area contributed by atoms with Gasteiger partial charge in [-0.25, -0.2) is 0 Å². The summed E-state index contributed by atoms with van der Waals surface area (Å²) in [6.07, 6.45) is 0. The molecule has 4 nitrogen and oxygen atoms in total. The molecule has 0 saturated carbocycles. The molecule has 2 rings (SSSR count). The van der Waals surface area contributed by atoms with E-state index in [1.54, 1.807) is 6.07 Å². The third-order valence-electron chi connectivity index (χ3n) is 1.93. The van der Waals surface area contributed by atoms with Crippen LogP contribution in [0.25, 0.3) is 11.1 Å². The average Bonchev–Trinajstić information content (AvgIpc) is 2.43. The Balaban J connectivity index is 2.88. The van der Waals surface area contributed by atoms with Gasteiger partial charge in [0.05, 0.1) is 5.52 Å². The van der Waals surface area contributed by atoms with E-state index in [0.29, 0.717) is 17.6 Å². The molecule has 0 fully saturated rings. The predicted octanol–water partition coefficient (Wildman–Crippen LogP) is 0.888. The second-order valence-electron chi connectivity index (χ2n) is 2.96. The van der Waals surface area contributed by atoms with Gasteiger partial charge in [0.25, 0.3) is 0 Å². The molecular weight excluding hydrogens is 168 g/mol. The summed E-state index contributed by atoms with van der Waals surface area (Å²) in [6.45, 7) is 2.14. The van der Waals surface area contributed by atoms with E-state index < -0.39 is 0 Å². The first-order chi connectivity index (χ1) is 6.20. The number of aromatic nitrogens is 1. The Morgan fingerprint density at radius 3 is 3.00 bits per heavy atom. The first-order valence-electron chi connectivity index (χ1n) is 4.03. The van der Waals surface area contributed by atoms with Crippen LogP contribution in [-0.2, 0) is 6.54 Å². The van der Waals surface area contributed by atoms with Gasteiger partial charge in [0.2, 0.25) is 5.56 Å². The number of nitrogens with two attached hydrogens (primary N) is 1. The number of nitrogens with one attached hydrogen (secondary N) is 1. The van der Waals surface area contributed by atoms with Crippen LogP contribution in [0.2, 0.25) is 0 Å². The second kappa shape index (κ2) is 2.74. The van der Waals surface area contributed by atoms with Crippen molar-refractivity contribution in [3.63, 3.8) is 0 Å². The van der Waals surface area contributed by atoms with Crippen molar-refractivity contribution in [1.82, 2.24) is 4.98 Å². The largest absolute Gasteiger partial charge is 0.459 e. The maximum Gasteiger partial charge on any atom is 0.248 e. The molecule has 0 bridgehead atoms. The Morgan fingerprint density at radius 1 is 1.54 bits per heavy atom. The normalized spacial score (nSPS) is 10.9. The van der Waals surface area contributed by atoms with E-state index in [9.17, 15) is 4.79 Å². The molecule has 2 heterocycles. The zero-order chi connectivity index (χ0) is 9.42. The van der Waals surface area contributed by atoms with Crippen molar-refractivity contribution >= 4 is 11.1 Å². The number of H-pyrrole nitrogens is 1. The second-order valence-corrected chi connectivity index (χ2v) is 2.96. The Morgan fingerprint density at radius 2 is 2.31 bits per heavy atom. The minimum absolute atomic E-state index is 0.145. The number of hydrogen-bond acceptors (Lipinski definition) is 3. The molecule has 0 atom stereocenters. The monoisotopic (exact) mass is 178 g/mol. The van der Waals surface area contributed by atoms with E-state index in [1.165, 1.54) is 6.07 Å². The summed E-state index contributed by atoms with van der Waals surface area (Å²) in [5.74, 6) is 0.770. The van der Waals surface area contributed by atoms with Crippen LogP contribution in [0, 0.1) is 6.92 Å². The van der Waals surface area contributed by atoms with Crippen molar-refractivity contribution in [2.45, 2.75) is 13.5 Å². The van der Waals surface area contributed by atoms with Gasteiger partial charge in [-0.2, -0.15) is 0 Å². The number of hydrogen-bond donors (Lipinski definition) is 2. The van der Waals surface area contributed by atoms with Crippen LogP contribution in [0.5, 0.6) is 0 Å². The molecule has 0 aromatic carbocycles. The summed E-state index contributed by atoms with van der Waals surface area (Å²) in [7, 11) is 0. The highest BCUT2D eigenvalue weighted by Crippen LogP contribution is 2.18. The van der Waals surface area contributed by atoms with E-state index in [2.05, 4.69) is 4.98 Å². The number of aromatic amines is 1. The van der Waals surface area contributed by atoms with Gasteiger partial charge in [0, 0.05) is 24.2 Å². The lowest BCUT2D eigenvalue weighted by Gasteiger charge is -1.95. The molecule has 4 heteroatoms. The quantitative estimate of drug-likeness (QED) is 0.681. The van der Waals surface area contributed by atoms with Crippen LogP contribution in [0.15, 0.2) is 21.3 Å². The molecule has 0 aliphatic heterocycles. The third-order valence-corrected chi connectivity index (χ3v) is 1.93. The molecule has 0 saturated heterocycles. The van der Waals surface area contributed by atoms with Crippen LogP contribution in [0.4, 0.5) is 0 Å². The van der Waals surface area contributed by atoms with Crippen molar-refractivity contribution < 1.29 is 4.42 Å². The first-order valence-corrected chi connectivity index (χ1v) is 4.03. The van der Waals surface area contributed by atoms with Gasteiger partial charge in [-0.1, -0.05) is 0 Å². The van der Waals surface area contributed by atoms with Crippen molar-refractivity contribution in [2.24, 2.45) is 5.73 Å². The zero-order valence-electron chi connectivity index (χ0n) is 7.26. The highest BCUT2D eigenvalue weighted by atomic mass is 16.3. The first kappa shape index (κ1) is 8.07. The fraction of sp³-hybridized carbons (Fsp3) is 0.222. The standard InChI is InChI=1S/C9H10N2O2/c1-5-2-7-9(13-5)6(4-10)3-8(12)11-7/h2-3H,4,10H2,1H3,(H,11,12). The Kier molecular flexibility index (Phi) is 1.70. The Labute approximate surface area is 74.4 Å². The molecule has 0 aliphatic rings. The lowest BCUT2D eigenvalue weighted by atomic mass is 10.2. The molecular formula is C9H10N2O2. The molecule has 0 unspecified atom stereocenters. The summed E-state index contributed by atoms with van der Waals surface area (Å²) >= 11 is 0. The van der Waals surface area contributed by atoms with Crippen LogP contribution < -0.4 is 11.3 Å². The molecule has 68 valence electrons. The van der Waals surface area contributed by atoms with Gasteiger partial charge < -0.3 is 15.1 Å². The van der Waals surface area contributed by atoms with Crippen LogP contribution in [0.3, 0.4) is 0 Å². The van der Waals surface area contributed by atoms with E-state index >= 15 is 0 Å². The van der Waals surface area contributed by atoms with E-state index in [-0.39, 0.29) is 5.56 Å². The minimum atomic E-state index is -0.145. The van der Waals surface area contributed by atoms with Gasteiger partial charge in [0.15, 0.2) is 5.58 Å². The topological polar surface area (TPSA) is 72.0 Å². The van der Waals surface area contributed by atoms with E-state index in [1.807, 2.05) is 6.92 Å². The van der Waals surface area contributed by atoms with Gasteiger partial charge in [0.1, 0.15) is 5.76 Å². The minimum Gasteiger partial charge on any atom is -0.459 e. The molecule has 0 aliphatic carbocycles. The summed E-state index contributed by atoms with van der Waals surface area (Å²) in [4.78, 5) is 13.8. The fourth-order valence-corrected chi connectivity index (χ4v) is 1.39. The molecule has 2 aromatic rings. The number of rotatable bonds is 1. The van der Waals surface area contributed by atoms with E-state index in [4.69, 9.17) is 10.2 Å². The predicted molar refractivity (Wildman–Crippen MR) is 49.5 cm³/mol. The lowest BCUT2D eigenvalue weighted by Crippen LogP contribution is -2.08. The molecule has 3 N–H and O–H groups in total. The number of fused-ring (bicyclic) bond motifs is 1. The van der Waals surface area contributed by atoms with Crippen molar-refractivity contribution in [2.75, 3.05) is 0 Å². The van der Waals surface area contributed by atoms with Crippen molar-refractivity contribution in [3.8, 4) is 0 Å². The van der Waals surface area contributed by atoms with Gasteiger partial charge >= 0.3 is 0 Å². The van der Waals surface area contributed by atoms with Gasteiger partial charge in [-0.3, -0.25) is 4.79 Å². The smallest absolute Gasteiger partial charge is 0.248 e. The summed E-state index contributed by atoms with van der Waals surface area (Å²) in [6, 6.07) is 3.25. The lowest BCUT2D eigenvalue weighted by molar-refractivity contribution is 0.574. The van der Waals surface area contributed by atoms with Crippen LogP contribution in [-0.4, -0.2) is 4.98 Å². The summed E-state index contributed by atoms with van der Waals surface area (Å²) in [5.41, 5.74) is 7.47. The van der Waals surface area contributed by atoms with Gasteiger partial charge in [-0.15, -0.1) is 0 Å². The fourth-order valence-electron chi connectivity index (χ4n) is 1.39. The van der Waals surface area contributed by atoms with Crippen molar-refractivity contribution in [3.05, 3.63) is 33.8 Å². The van der Waals surface area contributed by atoms with E-state index in [0.717, 1.165) is 11.3 Å².